The normalized spacial score (nSPS) is 13.5. The van der Waals surface area contributed by atoms with E-state index >= 15 is 0 Å². The highest BCUT2D eigenvalue weighted by Crippen LogP contribution is 2.27. The van der Waals surface area contributed by atoms with Crippen LogP contribution in [-0.4, -0.2) is 21.6 Å². The third kappa shape index (κ3) is 3.02. The average Bonchev–Trinajstić information content (AvgIpc) is 3.29. The molecular formula is C20H21N3O3S. The molecule has 2 aromatic heterocycles. The molecule has 4 rings (SSSR count). The SMILES string of the molecule is CC(C)Cn1c(=O)c2sccc2n(CC(=O)N2CCc3ccccc32)c1=O. The van der Waals surface area contributed by atoms with Crippen LogP contribution >= 0.6 is 11.3 Å². The highest BCUT2D eigenvalue weighted by molar-refractivity contribution is 7.17. The number of rotatable bonds is 4. The van der Waals surface area contributed by atoms with E-state index in [9.17, 15) is 14.4 Å². The molecule has 3 heterocycles. The fraction of sp³-hybridized carbons (Fsp3) is 0.350. The van der Waals surface area contributed by atoms with Gasteiger partial charge in [-0.2, -0.15) is 0 Å². The fourth-order valence-corrected chi connectivity index (χ4v) is 4.47. The summed E-state index contributed by atoms with van der Waals surface area (Å²) in [6.07, 6.45) is 0.817. The third-order valence-corrected chi connectivity index (χ3v) is 5.76. The van der Waals surface area contributed by atoms with Gasteiger partial charge in [0.25, 0.3) is 5.56 Å². The summed E-state index contributed by atoms with van der Waals surface area (Å²) in [5, 5.41) is 1.79. The van der Waals surface area contributed by atoms with Gasteiger partial charge in [-0.1, -0.05) is 32.0 Å². The highest BCUT2D eigenvalue weighted by atomic mass is 32.1. The quantitative estimate of drug-likeness (QED) is 0.695. The zero-order chi connectivity index (χ0) is 19.1. The predicted octanol–water partition coefficient (Wildman–Crippen LogP) is 2.47. The molecule has 0 N–H and O–H groups in total. The molecule has 0 saturated heterocycles. The Morgan fingerprint density at radius 3 is 2.70 bits per heavy atom. The molecule has 0 bridgehead atoms. The van der Waals surface area contributed by atoms with Gasteiger partial charge in [-0.15, -0.1) is 11.3 Å². The van der Waals surface area contributed by atoms with Crippen molar-refractivity contribution in [2.75, 3.05) is 11.4 Å². The maximum atomic E-state index is 13.0. The van der Waals surface area contributed by atoms with E-state index in [1.54, 1.807) is 16.3 Å². The Labute approximate surface area is 160 Å². The van der Waals surface area contributed by atoms with E-state index in [4.69, 9.17) is 0 Å². The number of para-hydroxylation sites is 1. The zero-order valence-electron chi connectivity index (χ0n) is 15.3. The van der Waals surface area contributed by atoms with Gasteiger partial charge in [0.1, 0.15) is 11.2 Å². The number of amides is 1. The number of carbonyl (C=O) groups excluding carboxylic acids is 1. The van der Waals surface area contributed by atoms with Gasteiger partial charge in [-0.3, -0.25) is 18.7 Å². The summed E-state index contributed by atoms with van der Waals surface area (Å²) >= 11 is 1.31. The number of hydrogen-bond donors (Lipinski definition) is 0. The second-order valence-electron chi connectivity index (χ2n) is 7.24. The summed E-state index contributed by atoms with van der Waals surface area (Å²) in [5.41, 5.74) is 1.90. The van der Waals surface area contributed by atoms with E-state index in [0.717, 1.165) is 17.7 Å². The van der Waals surface area contributed by atoms with Crippen LogP contribution in [0.25, 0.3) is 10.2 Å². The van der Waals surface area contributed by atoms with Gasteiger partial charge < -0.3 is 4.90 Å². The minimum atomic E-state index is -0.416. The van der Waals surface area contributed by atoms with Crippen molar-refractivity contribution >= 4 is 33.1 Å². The summed E-state index contributed by atoms with van der Waals surface area (Å²) in [4.78, 5) is 40.4. The van der Waals surface area contributed by atoms with Crippen molar-refractivity contribution < 1.29 is 4.79 Å². The lowest BCUT2D eigenvalue weighted by atomic mass is 10.2. The van der Waals surface area contributed by atoms with Crippen LogP contribution in [0.4, 0.5) is 5.69 Å². The Kier molecular flexibility index (Phi) is 4.47. The maximum Gasteiger partial charge on any atom is 0.332 e. The van der Waals surface area contributed by atoms with Gasteiger partial charge in [-0.05, 0) is 35.4 Å². The minimum absolute atomic E-state index is 0.0707. The summed E-state index contributed by atoms with van der Waals surface area (Å²) in [7, 11) is 0. The summed E-state index contributed by atoms with van der Waals surface area (Å²) in [5.74, 6) is 0.0201. The molecule has 6 nitrogen and oxygen atoms in total. The number of anilines is 1. The fourth-order valence-electron chi connectivity index (χ4n) is 3.63. The first-order chi connectivity index (χ1) is 13.0. The molecule has 140 valence electrons. The molecule has 3 aromatic rings. The van der Waals surface area contributed by atoms with Crippen LogP contribution < -0.4 is 16.1 Å². The smallest absolute Gasteiger partial charge is 0.310 e. The highest BCUT2D eigenvalue weighted by Gasteiger charge is 2.25. The van der Waals surface area contributed by atoms with Crippen molar-refractivity contribution in [1.82, 2.24) is 9.13 Å². The zero-order valence-corrected chi connectivity index (χ0v) is 16.2. The Hall–Kier alpha value is -2.67. The maximum absolute atomic E-state index is 13.0. The first kappa shape index (κ1) is 17.7. The van der Waals surface area contributed by atoms with E-state index in [0.29, 0.717) is 23.3 Å². The van der Waals surface area contributed by atoms with Crippen molar-refractivity contribution in [2.24, 2.45) is 5.92 Å². The number of fused-ring (bicyclic) bond motifs is 2. The Bertz CT molecular complexity index is 1140. The van der Waals surface area contributed by atoms with Gasteiger partial charge in [0.2, 0.25) is 5.91 Å². The Morgan fingerprint density at radius 1 is 1.15 bits per heavy atom. The lowest BCUT2D eigenvalue weighted by Gasteiger charge is -2.19. The molecule has 0 radical (unpaired) electrons. The standard InChI is InChI=1S/C20H21N3O3S/c1-13(2)11-23-19(25)18-16(8-10-27-18)22(20(23)26)12-17(24)21-9-7-14-5-3-4-6-15(14)21/h3-6,8,10,13H,7,9,11-12H2,1-2H3. The van der Waals surface area contributed by atoms with Crippen LogP contribution in [-0.2, 0) is 24.3 Å². The minimum Gasteiger partial charge on any atom is -0.310 e. The molecule has 1 aliphatic rings. The molecule has 0 unspecified atom stereocenters. The molecule has 7 heteroatoms. The lowest BCUT2D eigenvalue weighted by molar-refractivity contribution is -0.119. The largest absolute Gasteiger partial charge is 0.332 e. The van der Waals surface area contributed by atoms with Crippen LogP contribution in [0.1, 0.15) is 19.4 Å². The van der Waals surface area contributed by atoms with Crippen molar-refractivity contribution in [2.45, 2.75) is 33.4 Å². The van der Waals surface area contributed by atoms with Crippen molar-refractivity contribution in [3.63, 3.8) is 0 Å². The first-order valence-electron chi connectivity index (χ1n) is 9.06. The topological polar surface area (TPSA) is 64.3 Å². The Balaban J connectivity index is 1.76. The first-order valence-corrected chi connectivity index (χ1v) is 9.94. The van der Waals surface area contributed by atoms with E-state index in [2.05, 4.69) is 0 Å². The van der Waals surface area contributed by atoms with E-state index in [-0.39, 0.29) is 23.9 Å². The molecule has 0 atom stereocenters. The van der Waals surface area contributed by atoms with E-state index in [1.807, 2.05) is 38.1 Å². The third-order valence-electron chi connectivity index (χ3n) is 4.87. The van der Waals surface area contributed by atoms with Crippen LogP contribution in [0.5, 0.6) is 0 Å². The average molecular weight is 383 g/mol. The molecule has 0 fully saturated rings. The predicted molar refractivity (Wildman–Crippen MR) is 108 cm³/mol. The van der Waals surface area contributed by atoms with Crippen LogP contribution in [0.2, 0.25) is 0 Å². The van der Waals surface area contributed by atoms with Gasteiger partial charge in [0, 0.05) is 18.8 Å². The monoisotopic (exact) mass is 383 g/mol. The molecule has 27 heavy (non-hydrogen) atoms. The van der Waals surface area contributed by atoms with E-state index < -0.39 is 5.69 Å². The summed E-state index contributed by atoms with van der Waals surface area (Å²) in [6, 6.07) is 9.58. The number of carbonyl (C=O) groups is 1. The van der Waals surface area contributed by atoms with Crippen LogP contribution in [0.15, 0.2) is 45.3 Å². The number of hydrogen-bond acceptors (Lipinski definition) is 4. The summed E-state index contributed by atoms with van der Waals surface area (Å²) in [6.45, 7) is 4.80. The second-order valence-corrected chi connectivity index (χ2v) is 8.15. The molecule has 1 aliphatic heterocycles. The molecule has 1 amide bonds. The van der Waals surface area contributed by atoms with Gasteiger partial charge in [-0.25, -0.2) is 4.79 Å². The van der Waals surface area contributed by atoms with Crippen molar-refractivity contribution in [3.8, 4) is 0 Å². The molecular weight excluding hydrogens is 362 g/mol. The van der Waals surface area contributed by atoms with Gasteiger partial charge in [0.05, 0.1) is 5.52 Å². The second kappa shape index (κ2) is 6.81. The van der Waals surface area contributed by atoms with Crippen molar-refractivity contribution in [3.05, 3.63) is 62.1 Å². The number of thiophene rings is 1. The van der Waals surface area contributed by atoms with Gasteiger partial charge >= 0.3 is 5.69 Å². The van der Waals surface area contributed by atoms with Crippen molar-refractivity contribution in [1.29, 1.82) is 0 Å². The number of benzene rings is 1. The number of nitrogens with zero attached hydrogens (tertiary/aromatic N) is 3. The van der Waals surface area contributed by atoms with Gasteiger partial charge in [0.15, 0.2) is 0 Å². The molecule has 1 aromatic carbocycles. The van der Waals surface area contributed by atoms with Crippen LogP contribution in [0, 0.1) is 5.92 Å². The summed E-state index contributed by atoms with van der Waals surface area (Å²) < 4.78 is 3.22. The number of aromatic nitrogens is 2. The molecule has 0 aliphatic carbocycles. The van der Waals surface area contributed by atoms with Crippen LogP contribution in [0.3, 0.4) is 0 Å². The molecule has 0 spiro atoms. The molecule has 0 saturated carbocycles. The lowest BCUT2D eigenvalue weighted by Crippen LogP contribution is -2.43. The Morgan fingerprint density at radius 2 is 1.93 bits per heavy atom. The van der Waals surface area contributed by atoms with E-state index in [1.165, 1.54) is 20.5 Å².